The Labute approximate surface area is 135 Å². The van der Waals surface area contributed by atoms with E-state index in [0.29, 0.717) is 12.0 Å². The van der Waals surface area contributed by atoms with Crippen LogP contribution in [0.1, 0.15) is 42.0 Å². The van der Waals surface area contributed by atoms with Crippen molar-refractivity contribution >= 4 is 12.4 Å². The monoisotopic (exact) mass is 314 g/mol. The maximum Gasteiger partial charge on any atom is 0.135 e. The Hall–Kier alpha value is -2.36. The van der Waals surface area contributed by atoms with Gasteiger partial charge in [0.15, 0.2) is 0 Å². The molecule has 0 amide bonds. The summed E-state index contributed by atoms with van der Waals surface area (Å²) in [5.41, 5.74) is 2.54. The molecule has 2 aromatic rings. The van der Waals surface area contributed by atoms with Gasteiger partial charge in [-0.2, -0.15) is 10.2 Å². The molecule has 0 unspecified atom stereocenters. The molecular formula is C19H20F2N2. The molecule has 2 nitrogen and oxygen atoms in total. The largest absolute Gasteiger partial charge is 0.206 e. The highest BCUT2D eigenvalue weighted by Gasteiger charge is 2.09. The van der Waals surface area contributed by atoms with Crippen LogP contribution in [0.2, 0.25) is 0 Å². The molecule has 0 aliphatic rings. The summed E-state index contributed by atoms with van der Waals surface area (Å²) in [6, 6.07) is 10.4. The van der Waals surface area contributed by atoms with Crippen LogP contribution < -0.4 is 0 Å². The van der Waals surface area contributed by atoms with Crippen LogP contribution in [0.4, 0.5) is 8.78 Å². The van der Waals surface area contributed by atoms with Gasteiger partial charge < -0.3 is 0 Å². The van der Waals surface area contributed by atoms with Crippen molar-refractivity contribution in [3.63, 3.8) is 0 Å². The molecule has 2 aromatic carbocycles. The minimum Gasteiger partial charge on any atom is -0.206 e. The fourth-order valence-corrected chi connectivity index (χ4v) is 2.13. The van der Waals surface area contributed by atoms with E-state index in [0.717, 1.165) is 30.2 Å². The van der Waals surface area contributed by atoms with Crippen molar-refractivity contribution < 1.29 is 8.78 Å². The van der Waals surface area contributed by atoms with E-state index in [-0.39, 0.29) is 5.56 Å². The first kappa shape index (κ1) is 17.0. The van der Waals surface area contributed by atoms with Crippen LogP contribution in [0.3, 0.4) is 0 Å². The van der Waals surface area contributed by atoms with Crippen LogP contribution in [-0.2, 0) is 6.42 Å². The molecule has 0 fully saturated rings. The van der Waals surface area contributed by atoms with E-state index >= 15 is 0 Å². The fourth-order valence-electron chi connectivity index (χ4n) is 2.13. The molecule has 0 aromatic heterocycles. The summed E-state index contributed by atoms with van der Waals surface area (Å²) in [4.78, 5) is 0. The number of unbranched alkanes of at least 4 members (excludes halogenated alkanes) is 1. The van der Waals surface area contributed by atoms with Gasteiger partial charge in [-0.15, -0.1) is 0 Å². The molecule has 4 heteroatoms. The Balaban J connectivity index is 2.08. The predicted molar refractivity (Wildman–Crippen MR) is 91.3 cm³/mol. The molecule has 0 radical (unpaired) electrons. The van der Waals surface area contributed by atoms with E-state index in [1.54, 1.807) is 6.21 Å². The lowest BCUT2D eigenvalue weighted by molar-refractivity contribution is 0.575. The normalized spacial score (nSPS) is 11.7. The van der Waals surface area contributed by atoms with E-state index in [2.05, 4.69) is 10.2 Å². The number of nitrogens with zero attached hydrogens (tertiary/aromatic N) is 2. The lowest BCUT2D eigenvalue weighted by Gasteiger charge is -2.04. The van der Waals surface area contributed by atoms with Crippen molar-refractivity contribution in [2.75, 3.05) is 0 Å². The molecule has 2 rings (SSSR count). The first-order chi connectivity index (χ1) is 11.1. The first-order valence-corrected chi connectivity index (χ1v) is 7.71. The summed E-state index contributed by atoms with van der Waals surface area (Å²) in [5, 5.41) is 7.57. The minimum absolute atomic E-state index is 0.161. The van der Waals surface area contributed by atoms with Gasteiger partial charge in [0.2, 0.25) is 0 Å². The van der Waals surface area contributed by atoms with E-state index in [1.165, 1.54) is 12.1 Å². The van der Waals surface area contributed by atoms with Crippen molar-refractivity contribution in [3.05, 3.63) is 70.3 Å². The summed E-state index contributed by atoms with van der Waals surface area (Å²) < 4.78 is 27.9. The number of benzene rings is 2. The van der Waals surface area contributed by atoms with Gasteiger partial charge in [-0.1, -0.05) is 43.2 Å². The molecule has 0 saturated carbocycles. The smallest absolute Gasteiger partial charge is 0.135 e. The summed E-state index contributed by atoms with van der Waals surface area (Å²) in [7, 11) is 0. The number of hydrogen-bond donors (Lipinski definition) is 0. The van der Waals surface area contributed by atoms with E-state index in [1.807, 2.05) is 38.1 Å². The summed E-state index contributed by atoms with van der Waals surface area (Å²) in [5.74, 6) is -1.21. The van der Waals surface area contributed by atoms with Gasteiger partial charge in [-0.25, -0.2) is 8.78 Å². The fraction of sp³-hybridized carbons (Fsp3) is 0.263. The van der Waals surface area contributed by atoms with Crippen LogP contribution in [0.25, 0.3) is 0 Å². The maximum atomic E-state index is 13.9. The standard InChI is InChI=1S/C19H20F2N2/c1-3-4-5-16-10-18(20)17(19(21)11-16)13-23-22-12-15-8-6-14(2)7-9-15/h6-13H,3-5H2,1-2H3/b22-12+,23-13+. The Kier molecular flexibility index (Phi) is 6.15. The SMILES string of the molecule is CCCCc1cc(F)c(/C=N/N=C/c2ccc(C)cc2)c(F)c1. The molecule has 0 bridgehead atoms. The first-order valence-electron chi connectivity index (χ1n) is 7.71. The van der Waals surface area contributed by atoms with Crippen molar-refractivity contribution in [3.8, 4) is 0 Å². The topological polar surface area (TPSA) is 24.7 Å². The van der Waals surface area contributed by atoms with Crippen LogP contribution >= 0.6 is 0 Å². The van der Waals surface area contributed by atoms with Crippen molar-refractivity contribution in [2.24, 2.45) is 10.2 Å². The zero-order chi connectivity index (χ0) is 16.7. The average molecular weight is 314 g/mol. The lowest BCUT2D eigenvalue weighted by atomic mass is 10.1. The Morgan fingerprint density at radius 2 is 1.57 bits per heavy atom. The van der Waals surface area contributed by atoms with Gasteiger partial charge >= 0.3 is 0 Å². The van der Waals surface area contributed by atoms with Crippen LogP contribution in [-0.4, -0.2) is 12.4 Å². The zero-order valence-electron chi connectivity index (χ0n) is 13.4. The molecule has 0 saturated heterocycles. The molecule has 120 valence electrons. The third-order valence-corrected chi connectivity index (χ3v) is 3.50. The molecule has 0 aliphatic heterocycles. The van der Waals surface area contributed by atoms with Crippen LogP contribution in [0.15, 0.2) is 46.6 Å². The zero-order valence-corrected chi connectivity index (χ0v) is 13.4. The number of hydrogen-bond acceptors (Lipinski definition) is 2. The molecule has 0 atom stereocenters. The summed E-state index contributed by atoms with van der Waals surface area (Å²) in [6.45, 7) is 4.04. The Bertz CT molecular complexity index is 681. The Morgan fingerprint density at radius 1 is 0.957 bits per heavy atom. The van der Waals surface area contributed by atoms with Gasteiger partial charge in [0, 0.05) is 0 Å². The van der Waals surface area contributed by atoms with Crippen molar-refractivity contribution in [1.29, 1.82) is 0 Å². The van der Waals surface area contributed by atoms with Crippen molar-refractivity contribution in [1.82, 2.24) is 0 Å². The second-order valence-electron chi connectivity index (χ2n) is 5.48. The van der Waals surface area contributed by atoms with Gasteiger partial charge in [-0.3, -0.25) is 0 Å². The molecule has 0 aliphatic carbocycles. The summed E-state index contributed by atoms with van der Waals surface area (Å²) >= 11 is 0. The molecule has 0 spiro atoms. The van der Waals surface area contributed by atoms with Gasteiger partial charge in [0.1, 0.15) is 11.6 Å². The van der Waals surface area contributed by atoms with Gasteiger partial charge in [0.05, 0.1) is 18.0 Å². The summed E-state index contributed by atoms with van der Waals surface area (Å²) in [6.07, 6.45) is 5.22. The molecule has 0 heterocycles. The minimum atomic E-state index is -0.606. The number of rotatable bonds is 6. The van der Waals surface area contributed by atoms with Crippen LogP contribution in [0.5, 0.6) is 0 Å². The third kappa shape index (κ3) is 5.09. The maximum absolute atomic E-state index is 13.9. The number of aryl methyl sites for hydroxylation is 2. The molecule has 0 N–H and O–H groups in total. The second-order valence-corrected chi connectivity index (χ2v) is 5.48. The highest BCUT2D eigenvalue weighted by Crippen LogP contribution is 2.15. The van der Waals surface area contributed by atoms with Crippen molar-refractivity contribution in [2.45, 2.75) is 33.1 Å². The van der Waals surface area contributed by atoms with Crippen LogP contribution in [0, 0.1) is 18.6 Å². The van der Waals surface area contributed by atoms with E-state index in [9.17, 15) is 8.78 Å². The molecule has 23 heavy (non-hydrogen) atoms. The van der Waals surface area contributed by atoms with E-state index < -0.39 is 11.6 Å². The predicted octanol–water partition coefficient (Wildman–Crippen LogP) is 5.07. The van der Waals surface area contributed by atoms with Gasteiger partial charge in [0.25, 0.3) is 0 Å². The molecular weight excluding hydrogens is 294 g/mol. The lowest BCUT2D eigenvalue weighted by Crippen LogP contribution is -1.97. The highest BCUT2D eigenvalue weighted by atomic mass is 19.1. The van der Waals surface area contributed by atoms with Gasteiger partial charge in [-0.05, 0) is 43.0 Å². The average Bonchev–Trinajstić information content (AvgIpc) is 2.53. The number of halogens is 2. The quantitative estimate of drug-likeness (QED) is 0.525. The second kappa shape index (κ2) is 8.32. The Morgan fingerprint density at radius 3 is 2.17 bits per heavy atom. The van der Waals surface area contributed by atoms with E-state index in [4.69, 9.17) is 0 Å². The third-order valence-electron chi connectivity index (χ3n) is 3.50. The highest BCUT2D eigenvalue weighted by molar-refractivity contribution is 5.83.